The van der Waals surface area contributed by atoms with Crippen LogP contribution in [0.1, 0.15) is 62.8 Å². The fourth-order valence-corrected chi connectivity index (χ4v) is 5.07. The number of hydrogen-bond acceptors (Lipinski definition) is 4. The molecule has 1 saturated carbocycles. The molecule has 4 rings (SSSR count). The molecule has 1 aromatic carbocycles. The molecule has 2 aliphatic rings. The molecule has 1 saturated heterocycles. The number of hydroxylamine groups is 2. The predicted octanol–water partition coefficient (Wildman–Crippen LogP) is 4.51. The molecule has 168 valence electrons. The van der Waals surface area contributed by atoms with E-state index in [-0.39, 0.29) is 0 Å². The summed E-state index contributed by atoms with van der Waals surface area (Å²) >= 11 is 0. The molecule has 1 amide bonds. The Morgan fingerprint density at radius 3 is 2.68 bits per heavy atom. The third-order valence-corrected chi connectivity index (χ3v) is 6.93. The van der Waals surface area contributed by atoms with Crippen molar-refractivity contribution >= 4 is 23.0 Å². The lowest BCUT2D eigenvalue weighted by Gasteiger charge is -2.21. The minimum atomic E-state index is -0.440. The number of carbonyl (C=O) groups excluding carboxylic acids is 1. The maximum absolute atomic E-state index is 11.6. The van der Waals surface area contributed by atoms with Gasteiger partial charge in [0.05, 0.1) is 11.0 Å². The summed E-state index contributed by atoms with van der Waals surface area (Å²) in [5.74, 6) is 1.61. The summed E-state index contributed by atoms with van der Waals surface area (Å²) in [4.78, 5) is 19.2. The van der Waals surface area contributed by atoms with Gasteiger partial charge < -0.3 is 9.47 Å². The molecule has 2 aromatic rings. The van der Waals surface area contributed by atoms with Crippen molar-refractivity contribution in [1.82, 2.24) is 19.5 Å². The topological polar surface area (TPSA) is 61.6 Å². The standard InChI is InChI=1S/C25H36N4O2/c1-27(31)25(30)14-11-21-9-12-23-22(19-21)26-24(13-10-20-7-3-2-4-8-20)29(23)18-17-28-15-5-6-16-28/h9,11-12,14,19-20,31H,2-8,10,13,15-18H2,1H3/b14-11+. The largest absolute Gasteiger partial charge is 0.327 e. The lowest BCUT2D eigenvalue weighted by Crippen LogP contribution is -2.24. The van der Waals surface area contributed by atoms with Crippen LogP contribution in [0, 0.1) is 5.92 Å². The lowest BCUT2D eigenvalue weighted by atomic mass is 9.86. The van der Waals surface area contributed by atoms with Crippen LogP contribution < -0.4 is 0 Å². The van der Waals surface area contributed by atoms with Gasteiger partial charge in [-0.25, -0.2) is 10.0 Å². The molecular formula is C25H36N4O2. The highest BCUT2D eigenvalue weighted by Gasteiger charge is 2.18. The van der Waals surface area contributed by atoms with Gasteiger partial charge in [0.2, 0.25) is 0 Å². The summed E-state index contributed by atoms with van der Waals surface area (Å²) in [7, 11) is 1.33. The minimum Gasteiger partial charge on any atom is -0.327 e. The van der Waals surface area contributed by atoms with Crippen molar-refractivity contribution in [3.8, 4) is 0 Å². The van der Waals surface area contributed by atoms with Gasteiger partial charge >= 0.3 is 0 Å². The Morgan fingerprint density at radius 1 is 1.16 bits per heavy atom. The molecular weight excluding hydrogens is 388 g/mol. The Hall–Kier alpha value is -2.18. The molecule has 0 radical (unpaired) electrons. The van der Waals surface area contributed by atoms with Crippen molar-refractivity contribution in [2.45, 2.75) is 64.3 Å². The van der Waals surface area contributed by atoms with Gasteiger partial charge in [-0.2, -0.15) is 0 Å². The second-order valence-corrected chi connectivity index (χ2v) is 9.21. The number of nitrogens with zero attached hydrogens (tertiary/aromatic N) is 4. The molecule has 1 aromatic heterocycles. The molecule has 0 spiro atoms. The first-order valence-electron chi connectivity index (χ1n) is 12.0. The van der Waals surface area contributed by atoms with Gasteiger partial charge in [-0.05, 0) is 62.0 Å². The Balaban J connectivity index is 1.54. The summed E-state index contributed by atoms with van der Waals surface area (Å²) in [6.45, 7) is 4.50. The van der Waals surface area contributed by atoms with Crippen LogP contribution in [0.2, 0.25) is 0 Å². The number of likely N-dealkylation sites (N-methyl/N-ethyl adjacent to an activating group) is 1. The Labute approximate surface area is 185 Å². The fraction of sp³-hybridized carbons (Fsp3) is 0.600. The summed E-state index contributed by atoms with van der Waals surface area (Å²) < 4.78 is 2.43. The van der Waals surface area contributed by atoms with Crippen LogP contribution in [0.15, 0.2) is 24.3 Å². The zero-order valence-corrected chi connectivity index (χ0v) is 18.8. The van der Waals surface area contributed by atoms with Crippen molar-refractivity contribution in [3.05, 3.63) is 35.7 Å². The van der Waals surface area contributed by atoms with Crippen LogP contribution in [0.4, 0.5) is 0 Å². The molecule has 6 heteroatoms. The summed E-state index contributed by atoms with van der Waals surface area (Å²) in [6.07, 6.45) is 14.9. The van der Waals surface area contributed by atoms with Gasteiger partial charge in [-0.15, -0.1) is 0 Å². The van der Waals surface area contributed by atoms with Gasteiger partial charge in [-0.1, -0.05) is 38.2 Å². The van der Waals surface area contributed by atoms with E-state index in [1.165, 1.54) is 88.9 Å². The lowest BCUT2D eigenvalue weighted by molar-refractivity contribution is -0.153. The number of aryl methyl sites for hydroxylation is 1. The molecule has 2 fully saturated rings. The first-order valence-corrected chi connectivity index (χ1v) is 12.0. The third-order valence-electron chi connectivity index (χ3n) is 6.93. The van der Waals surface area contributed by atoms with Crippen molar-refractivity contribution in [2.24, 2.45) is 5.92 Å². The number of amides is 1. The number of benzene rings is 1. The highest BCUT2D eigenvalue weighted by Crippen LogP contribution is 2.28. The van der Waals surface area contributed by atoms with Gasteiger partial charge in [0, 0.05) is 32.6 Å². The number of likely N-dealkylation sites (tertiary alicyclic amines) is 1. The monoisotopic (exact) mass is 424 g/mol. The predicted molar refractivity (Wildman–Crippen MR) is 124 cm³/mol. The quantitative estimate of drug-likeness (QED) is 0.385. The van der Waals surface area contributed by atoms with Crippen LogP contribution >= 0.6 is 0 Å². The van der Waals surface area contributed by atoms with E-state index in [9.17, 15) is 10.0 Å². The SMILES string of the molecule is CN(O)C(=O)/C=C/c1ccc2c(c1)nc(CCC1CCCCC1)n2CCN1CCCC1. The van der Waals surface area contributed by atoms with E-state index in [4.69, 9.17) is 4.98 Å². The molecule has 0 unspecified atom stereocenters. The fourth-order valence-electron chi connectivity index (χ4n) is 5.07. The van der Waals surface area contributed by atoms with Crippen LogP contribution in [0.25, 0.3) is 17.1 Å². The van der Waals surface area contributed by atoms with Gasteiger partial charge in [-0.3, -0.25) is 10.0 Å². The Bertz CT molecular complexity index is 906. The number of imidazole rings is 1. The Morgan fingerprint density at radius 2 is 1.94 bits per heavy atom. The van der Waals surface area contributed by atoms with Crippen LogP contribution in [-0.2, 0) is 17.8 Å². The van der Waals surface area contributed by atoms with Crippen molar-refractivity contribution < 1.29 is 10.0 Å². The van der Waals surface area contributed by atoms with E-state index in [1.807, 2.05) is 12.1 Å². The highest BCUT2D eigenvalue weighted by molar-refractivity contribution is 5.91. The van der Waals surface area contributed by atoms with E-state index < -0.39 is 5.91 Å². The van der Waals surface area contributed by atoms with E-state index in [0.717, 1.165) is 36.5 Å². The van der Waals surface area contributed by atoms with Gasteiger partial charge in [0.15, 0.2) is 0 Å². The van der Waals surface area contributed by atoms with E-state index in [1.54, 1.807) is 6.08 Å². The van der Waals surface area contributed by atoms with E-state index in [0.29, 0.717) is 5.06 Å². The first-order chi connectivity index (χ1) is 15.1. The number of aromatic nitrogens is 2. The summed E-state index contributed by atoms with van der Waals surface area (Å²) in [6, 6.07) is 6.21. The molecule has 6 nitrogen and oxygen atoms in total. The average Bonchev–Trinajstić information content (AvgIpc) is 3.42. The van der Waals surface area contributed by atoms with Gasteiger partial charge in [0.1, 0.15) is 5.82 Å². The van der Waals surface area contributed by atoms with Crippen molar-refractivity contribution in [1.29, 1.82) is 0 Å². The second-order valence-electron chi connectivity index (χ2n) is 9.21. The second kappa shape index (κ2) is 10.4. The first kappa shape index (κ1) is 22.0. The number of rotatable bonds is 8. The maximum Gasteiger partial charge on any atom is 0.269 e. The molecule has 0 atom stereocenters. The Kier molecular flexibility index (Phi) is 7.41. The van der Waals surface area contributed by atoms with Crippen molar-refractivity contribution in [3.63, 3.8) is 0 Å². The molecule has 31 heavy (non-hydrogen) atoms. The molecule has 1 aliphatic heterocycles. The summed E-state index contributed by atoms with van der Waals surface area (Å²) in [5, 5.41) is 9.83. The average molecular weight is 425 g/mol. The zero-order chi connectivity index (χ0) is 21.6. The number of fused-ring (bicyclic) bond motifs is 1. The van der Waals surface area contributed by atoms with Crippen LogP contribution in [0.5, 0.6) is 0 Å². The van der Waals surface area contributed by atoms with E-state index in [2.05, 4.69) is 15.5 Å². The minimum absolute atomic E-state index is 0.440. The van der Waals surface area contributed by atoms with E-state index >= 15 is 0 Å². The normalized spacial score (nSPS) is 18.4. The molecule has 0 bridgehead atoms. The number of hydrogen-bond donors (Lipinski definition) is 1. The van der Waals surface area contributed by atoms with Crippen LogP contribution in [0.3, 0.4) is 0 Å². The van der Waals surface area contributed by atoms with Crippen LogP contribution in [-0.4, -0.2) is 57.3 Å². The smallest absolute Gasteiger partial charge is 0.269 e. The summed E-state index contributed by atoms with van der Waals surface area (Å²) in [5.41, 5.74) is 3.10. The molecule has 2 heterocycles. The highest BCUT2D eigenvalue weighted by atomic mass is 16.5. The maximum atomic E-state index is 11.6. The number of carbonyl (C=O) groups is 1. The van der Waals surface area contributed by atoms with Crippen molar-refractivity contribution in [2.75, 3.05) is 26.7 Å². The molecule has 1 N–H and O–H groups in total. The molecule has 1 aliphatic carbocycles. The van der Waals surface area contributed by atoms with Gasteiger partial charge in [0.25, 0.3) is 5.91 Å². The zero-order valence-electron chi connectivity index (χ0n) is 18.8. The third kappa shape index (κ3) is 5.74.